The van der Waals surface area contributed by atoms with E-state index < -0.39 is 0 Å². The monoisotopic (exact) mass is 416 g/mol. The molecule has 136 valence electrons. The number of rotatable bonds is 4. The minimum Gasteiger partial charge on any atom is -0.497 e. The molecular weight excluding hydrogens is 396 g/mol. The Morgan fingerprint density at radius 3 is 2.54 bits per heavy atom. The zero-order chi connectivity index (χ0) is 18.5. The number of methoxy groups -OCH3 is 1. The quantitative estimate of drug-likeness (QED) is 0.829. The lowest BCUT2D eigenvalue weighted by Gasteiger charge is -2.32. The molecule has 0 aromatic heterocycles. The van der Waals surface area contributed by atoms with Gasteiger partial charge < -0.3 is 15.0 Å². The van der Waals surface area contributed by atoms with Crippen molar-refractivity contribution >= 4 is 27.7 Å². The van der Waals surface area contributed by atoms with E-state index in [4.69, 9.17) is 4.74 Å². The van der Waals surface area contributed by atoms with Crippen molar-refractivity contribution in [3.05, 3.63) is 64.1 Å². The van der Waals surface area contributed by atoms with Crippen LogP contribution in [-0.2, 0) is 0 Å². The van der Waals surface area contributed by atoms with Gasteiger partial charge in [-0.05, 0) is 59.1 Å². The maximum atomic E-state index is 12.6. The molecule has 2 aromatic carbocycles. The van der Waals surface area contributed by atoms with Crippen LogP contribution in [0.15, 0.2) is 53.0 Å². The lowest BCUT2D eigenvalue weighted by atomic mass is 10.0. The fourth-order valence-electron chi connectivity index (χ4n) is 3.06. The van der Waals surface area contributed by atoms with Crippen molar-refractivity contribution in [2.45, 2.75) is 18.9 Å². The van der Waals surface area contributed by atoms with E-state index in [-0.39, 0.29) is 17.9 Å². The van der Waals surface area contributed by atoms with Gasteiger partial charge in [-0.25, -0.2) is 0 Å². The topological polar surface area (TPSA) is 58.6 Å². The van der Waals surface area contributed by atoms with Crippen molar-refractivity contribution in [1.82, 2.24) is 10.2 Å². The summed E-state index contributed by atoms with van der Waals surface area (Å²) in [6, 6.07) is 14.6. The number of likely N-dealkylation sites (tertiary alicyclic amines) is 1. The molecule has 0 bridgehead atoms. The Hall–Kier alpha value is -2.34. The van der Waals surface area contributed by atoms with Crippen LogP contribution in [0.4, 0.5) is 0 Å². The molecule has 0 unspecified atom stereocenters. The van der Waals surface area contributed by atoms with E-state index in [1.165, 1.54) is 0 Å². The number of amides is 2. The summed E-state index contributed by atoms with van der Waals surface area (Å²) in [5, 5.41) is 3.06. The summed E-state index contributed by atoms with van der Waals surface area (Å²) in [4.78, 5) is 26.9. The Balaban J connectivity index is 1.56. The third-order valence-corrected chi connectivity index (χ3v) is 5.25. The van der Waals surface area contributed by atoms with Crippen molar-refractivity contribution in [2.75, 3.05) is 20.2 Å². The van der Waals surface area contributed by atoms with Crippen molar-refractivity contribution in [3.8, 4) is 5.75 Å². The number of hydrogen-bond donors (Lipinski definition) is 1. The Kier molecular flexibility index (Phi) is 5.93. The fraction of sp³-hybridized carbons (Fsp3) is 0.300. The molecule has 0 spiro atoms. The lowest BCUT2D eigenvalue weighted by Crippen LogP contribution is -2.46. The molecule has 2 aromatic rings. The second kappa shape index (κ2) is 8.36. The van der Waals surface area contributed by atoms with Crippen molar-refractivity contribution in [1.29, 1.82) is 0 Å². The summed E-state index contributed by atoms with van der Waals surface area (Å²) in [6.07, 6.45) is 1.48. The number of nitrogens with one attached hydrogen (secondary N) is 1. The van der Waals surface area contributed by atoms with E-state index in [2.05, 4.69) is 21.2 Å². The van der Waals surface area contributed by atoms with Crippen LogP contribution in [-0.4, -0.2) is 43.0 Å². The van der Waals surface area contributed by atoms with Crippen molar-refractivity contribution in [3.63, 3.8) is 0 Å². The van der Waals surface area contributed by atoms with Gasteiger partial charge in [0.1, 0.15) is 5.75 Å². The summed E-state index contributed by atoms with van der Waals surface area (Å²) in [5.41, 5.74) is 1.25. The van der Waals surface area contributed by atoms with Crippen molar-refractivity contribution in [2.24, 2.45) is 0 Å². The Bertz CT molecular complexity index is 801. The summed E-state index contributed by atoms with van der Waals surface area (Å²) in [5.74, 6) is 0.570. The van der Waals surface area contributed by atoms with Gasteiger partial charge in [0.05, 0.1) is 12.7 Å². The normalized spacial score (nSPS) is 14.8. The highest BCUT2D eigenvalue weighted by atomic mass is 79.9. The van der Waals surface area contributed by atoms with Gasteiger partial charge in [-0.3, -0.25) is 9.59 Å². The minimum atomic E-state index is -0.112. The standard InChI is InChI=1S/C20H21BrN2O3/c1-26-16-6-4-5-14(13-16)19(24)22-15-9-11-23(12-10-15)20(25)17-7-2-3-8-18(17)21/h2-8,13,15H,9-12H2,1H3,(H,22,24). The Labute approximate surface area is 161 Å². The highest BCUT2D eigenvalue weighted by molar-refractivity contribution is 9.10. The number of carbonyl (C=O) groups excluding carboxylic acids is 2. The van der Waals surface area contributed by atoms with Crippen LogP contribution in [0.2, 0.25) is 0 Å². The van der Waals surface area contributed by atoms with Crippen LogP contribution in [0.5, 0.6) is 5.75 Å². The molecule has 1 heterocycles. The summed E-state index contributed by atoms with van der Waals surface area (Å²) in [6.45, 7) is 1.26. The number of nitrogens with zero attached hydrogens (tertiary/aromatic N) is 1. The number of carbonyl (C=O) groups is 2. The number of ether oxygens (including phenoxy) is 1. The first-order valence-electron chi connectivity index (χ1n) is 8.57. The molecule has 1 aliphatic rings. The third kappa shape index (κ3) is 4.25. The highest BCUT2D eigenvalue weighted by Crippen LogP contribution is 2.21. The van der Waals surface area contributed by atoms with Gasteiger partial charge >= 0.3 is 0 Å². The average Bonchev–Trinajstić information content (AvgIpc) is 2.68. The largest absolute Gasteiger partial charge is 0.497 e. The molecule has 0 atom stereocenters. The highest BCUT2D eigenvalue weighted by Gasteiger charge is 2.25. The number of halogens is 1. The number of piperidine rings is 1. The molecule has 3 rings (SSSR count). The Morgan fingerprint density at radius 1 is 1.12 bits per heavy atom. The molecule has 1 saturated heterocycles. The van der Waals surface area contributed by atoms with Gasteiger partial charge in [0, 0.05) is 29.2 Å². The first-order chi connectivity index (χ1) is 12.6. The first-order valence-corrected chi connectivity index (χ1v) is 9.36. The molecule has 26 heavy (non-hydrogen) atoms. The molecule has 1 aliphatic heterocycles. The molecule has 2 amide bonds. The Morgan fingerprint density at radius 2 is 1.85 bits per heavy atom. The van der Waals surface area contributed by atoms with E-state index in [9.17, 15) is 9.59 Å². The molecular formula is C20H21BrN2O3. The minimum absolute atomic E-state index is 0.0232. The van der Waals surface area contributed by atoms with Crippen LogP contribution in [0.3, 0.4) is 0 Å². The second-order valence-electron chi connectivity index (χ2n) is 6.25. The predicted octanol–water partition coefficient (Wildman–Crippen LogP) is 3.49. The van der Waals surface area contributed by atoms with Crippen molar-refractivity contribution < 1.29 is 14.3 Å². The summed E-state index contributed by atoms with van der Waals surface area (Å²) in [7, 11) is 1.58. The van der Waals surface area contributed by atoms with E-state index >= 15 is 0 Å². The number of benzene rings is 2. The second-order valence-corrected chi connectivity index (χ2v) is 7.11. The summed E-state index contributed by atoms with van der Waals surface area (Å²) < 4.78 is 5.96. The maximum absolute atomic E-state index is 12.6. The van der Waals surface area contributed by atoms with E-state index in [1.807, 2.05) is 35.2 Å². The first kappa shape index (κ1) is 18.5. The van der Waals surface area contributed by atoms with Gasteiger partial charge in [-0.2, -0.15) is 0 Å². The maximum Gasteiger partial charge on any atom is 0.254 e. The molecule has 1 fully saturated rings. The average molecular weight is 417 g/mol. The summed E-state index contributed by atoms with van der Waals surface area (Å²) >= 11 is 3.43. The van der Waals surface area contributed by atoms with Crippen LogP contribution in [0.25, 0.3) is 0 Å². The third-order valence-electron chi connectivity index (χ3n) is 4.55. The van der Waals surface area contributed by atoms with Gasteiger partial charge in [-0.1, -0.05) is 18.2 Å². The van der Waals surface area contributed by atoms with Crippen LogP contribution >= 0.6 is 15.9 Å². The lowest BCUT2D eigenvalue weighted by molar-refractivity contribution is 0.0697. The zero-order valence-electron chi connectivity index (χ0n) is 14.6. The predicted molar refractivity (Wildman–Crippen MR) is 104 cm³/mol. The van der Waals surface area contributed by atoms with E-state index in [0.29, 0.717) is 30.0 Å². The molecule has 0 aliphatic carbocycles. The van der Waals surface area contributed by atoms with E-state index in [0.717, 1.165) is 17.3 Å². The van der Waals surface area contributed by atoms with Gasteiger partial charge in [0.2, 0.25) is 0 Å². The van der Waals surface area contributed by atoms with Gasteiger partial charge in [0.15, 0.2) is 0 Å². The molecule has 5 nitrogen and oxygen atoms in total. The fourth-order valence-corrected chi connectivity index (χ4v) is 3.52. The van der Waals surface area contributed by atoms with Gasteiger partial charge in [-0.15, -0.1) is 0 Å². The van der Waals surface area contributed by atoms with Crippen LogP contribution in [0, 0.1) is 0 Å². The molecule has 0 radical (unpaired) electrons. The molecule has 1 N–H and O–H groups in total. The van der Waals surface area contributed by atoms with Crippen LogP contribution in [0.1, 0.15) is 33.6 Å². The molecule has 0 saturated carbocycles. The zero-order valence-corrected chi connectivity index (χ0v) is 16.2. The van der Waals surface area contributed by atoms with Gasteiger partial charge in [0.25, 0.3) is 11.8 Å². The molecule has 6 heteroatoms. The smallest absolute Gasteiger partial charge is 0.254 e. The SMILES string of the molecule is COc1cccc(C(=O)NC2CCN(C(=O)c3ccccc3Br)CC2)c1. The van der Waals surface area contributed by atoms with Crippen LogP contribution < -0.4 is 10.1 Å². The number of hydrogen-bond acceptors (Lipinski definition) is 3. The van der Waals surface area contributed by atoms with E-state index in [1.54, 1.807) is 25.3 Å².